The highest BCUT2D eigenvalue weighted by Crippen LogP contribution is 2.29. The number of nitrogens with zero attached hydrogens (tertiary/aromatic N) is 2. The van der Waals surface area contributed by atoms with Crippen LogP contribution in [0.15, 0.2) is 24.3 Å². The second-order valence-corrected chi connectivity index (χ2v) is 5.65. The Morgan fingerprint density at radius 3 is 2.10 bits per heavy atom. The van der Waals surface area contributed by atoms with Crippen molar-refractivity contribution >= 4 is 0 Å². The number of hydrogen-bond acceptors (Lipinski definition) is 3. The van der Waals surface area contributed by atoms with Crippen LogP contribution >= 0.6 is 0 Å². The molecule has 0 radical (unpaired) electrons. The molecule has 0 bridgehead atoms. The van der Waals surface area contributed by atoms with Crippen LogP contribution in [-0.4, -0.2) is 50.6 Å². The van der Waals surface area contributed by atoms with Crippen molar-refractivity contribution in [3.05, 3.63) is 35.4 Å². The van der Waals surface area contributed by atoms with E-state index in [4.69, 9.17) is 5.73 Å². The SMILES string of the molecule is CN(C)CCCN(C)CC(N)c1ccc(C(F)(F)F)cc1. The van der Waals surface area contributed by atoms with Crippen LogP contribution in [0.4, 0.5) is 13.2 Å². The van der Waals surface area contributed by atoms with E-state index in [1.807, 2.05) is 21.1 Å². The first kappa shape index (κ1) is 17.9. The topological polar surface area (TPSA) is 32.5 Å². The lowest BCUT2D eigenvalue weighted by molar-refractivity contribution is -0.137. The van der Waals surface area contributed by atoms with Crippen LogP contribution in [0, 0.1) is 0 Å². The fourth-order valence-electron chi connectivity index (χ4n) is 2.11. The minimum atomic E-state index is -4.30. The number of hydrogen-bond donors (Lipinski definition) is 1. The van der Waals surface area contributed by atoms with Gasteiger partial charge < -0.3 is 15.5 Å². The van der Waals surface area contributed by atoms with E-state index in [-0.39, 0.29) is 6.04 Å². The molecule has 0 spiro atoms. The maximum atomic E-state index is 12.5. The molecule has 0 aromatic heterocycles. The molecule has 1 aromatic rings. The van der Waals surface area contributed by atoms with Crippen molar-refractivity contribution in [2.45, 2.75) is 18.6 Å². The van der Waals surface area contributed by atoms with E-state index in [0.717, 1.165) is 37.2 Å². The third kappa shape index (κ3) is 6.46. The molecule has 0 aliphatic heterocycles. The summed E-state index contributed by atoms with van der Waals surface area (Å²) in [6.07, 6.45) is -3.27. The smallest absolute Gasteiger partial charge is 0.323 e. The number of nitrogens with two attached hydrogens (primary N) is 1. The van der Waals surface area contributed by atoms with Crippen molar-refractivity contribution in [2.75, 3.05) is 40.8 Å². The summed E-state index contributed by atoms with van der Waals surface area (Å²) in [5.74, 6) is 0. The molecule has 21 heavy (non-hydrogen) atoms. The number of likely N-dealkylation sites (N-methyl/N-ethyl adjacent to an activating group) is 1. The molecule has 0 aliphatic carbocycles. The molecule has 120 valence electrons. The molecule has 1 atom stereocenters. The first-order chi connectivity index (χ1) is 9.70. The van der Waals surface area contributed by atoms with Crippen LogP contribution in [0.1, 0.15) is 23.6 Å². The maximum Gasteiger partial charge on any atom is 0.416 e. The number of halogens is 3. The molecule has 0 fully saturated rings. The van der Waals surface area contributed by atoms with Crippen LogP contribution < -0.4 is 5.73 Å². The zero-order valence-electron chi connectivity index (χ0n) is 12.8. The van der Waals surface area contributed by atoms with E-state index in [0.29, 0.717) is 6.54 Å². The van der Waals surface area contributed by atoms with E-state index in [1.54, 1.807) is 0 Å². The van der Waals surface area contributed by atoms with Gasteiger partial charge in [-0.25, -0.2) is 0 Å². The van der Waals surface area contributed by atoms with Crippen molar-refractivity contribution < 1.29 is 13.2 Å². The summed E-state index contributed by atoms with van der Waals surface area (Å²) in [5.41, 5.74) is 6.14. The molecule has 0 saturated carbocycles. The number of benzene rings is 1. The Kier molecular flexibility index (Phi) is 6.64. The maximum absolute atomic E-state index is 12.5. The third-order valence-electron chi connectivity index (χ3n) is 3.32. The van der Waals surface area contributed by atoms with Gasteiger partial charge in [0.05, 0.1) is 5.56 Å². The molecule has 6 heteroatoms. The van der Waals surface area contributed by atoms with Gasteiger partial charge in [0.1, 0.15) is 0 Å². The quantitative estimate of drug-likeness (QED) is 0.840. The molecule has 1 aromatic carbocycles. The Hall–Kier alpha value is -1.11. The lowest BCUT2D eigenvalue weighted by Gasteiger charge is -2.22. The van der Waals surface area contributed by atoms with E-state index in [1.165, 1.54) is 12.1 Å². The normalized spacial score (nSPS) is 14.0. The van der Waals surface area contributed by atoms with Crippen molar-refractivity contribution in [2.24, 2.45) is 5.73 Å². The second-order valence-electron chi connectivity index (χ2n) is 5.65. The highest BCUT2D eigenvalue weighted by atomic mass is 19.4. The van der Waals surface area contributed by atoms with E-state index in [9.17, 15) is 13.2 Å². The first-order valence-electron chi connectivity index (χ1n) is 6.96. The minimum absolute atomic E-state index is 0.281. The van der Waals surface area contributed by atoms with Gasteiger partial charge in [-0.15, -0.1) is 0 Å². The van der Waals surface area contributed by atoms with Gasteiger partial charge in [-0.1, -0.05) is 12.1 Å². The van der Waals surface area contributed by atoms with Crippen molar-refractivity contribution in [1.82, 2.24) is 9.80 Å². The number of alkyl halides is 3. The largest absolute Gasteiger partial charge is 0.416 e. The minimum Gasteiger partial charge on any atom is -0.323 e. The summed E-state index contributed by atoms with van der Waals surface area (Å²) in [5, 5.41) is 0. The third-order valence-corrected chi connectivity index (χ3v) is 3.32. The van der Waals surface area contributed by atoms with E-state index in [2.05, 4.69) is 9.80 Å². The molecule has 0 saturated heterocycles. The van der Waals surface area contributed by atoms with Gasteiger partial charge in [0.15, 0.2) is 0 Å². The van der Waals surface area contributed by atoms with Gasteiger partial charge >= 0.3 is 6.18 Å². The Morgan fingerprint density at radius 2 is 1.62 bits per heavy atom. The Balaban J connectivity index is 2.49. The van der Waals surface area contributed by atoms with Gasteiger partial charge in [-0.05, 0) is 58.3 Å². The molecular weight excluding hydrogens is 279 g/mol. The molecular formula is C15H24F3N3. The zero-order valence-corrected chi connectivity index (χ0v) is 12.8. The first-order valence-corrected chi connectivity index (χ1v) is 6.96. The summed E-state index contributed by atoms with van der Waals surface area (Å²) >= 11 is 0. The van der Waals surface area contributed by atoms with Crippen molar-refractivity contribution in [1.29, 1.82) is 0 Å². The van der Waals surface area contributed by atoms with Crippen LogP contribution in [0.2, 0.25) is 0 Å². The molecule has 0 aliphatic rings. The van der Waals surface area contributed by atoms with Gasteiger partial charge in [-0.3, -0.25) is 0 Å². The van der Waals surface area contributed by atoms with Crippen LogP contribution in [0.25, 0.3) is 0 Å². The Bertz CT molecular complexity index is 415. The molecule has 1 unspecified atom stereocenters. The molecule has 2 N–H and O–H groups in total. The highest BCUT2D eigenvalue weighted by Gasteiger charge is 2.30. The lowest BCUT2D eigenvalue weighted by Crippen LogP contribution is -2.31. The second kappa shape index (κ2) is 7.77. The molecule has 1 rings (SSSR count). The summed E-state index contributed by atoms with van der Waals surface area (Å²) in [4.78, 5) is 4.22. The van der Waals surface area contributed by atoms with Crippen LogP contribution in [0.5, 0.6) is 0 Å². The summed E-state index contributed by atoms with van der Waals surface area (Å²) in [6.45, 7) is 2.53. The Labute approximate surface area is 124 Å². The molecule has 0 amide bonds. The highest BCUT2D eigenvalue weighted by molar-refractivity contribution is 5.26. The lowest BCUT2D eigenvalue weighted by atomic mass is 10.0. The van der Waals surface area contributed by atoms with E-state index < -0.39 is 11.7 Å². The zero-order chi connectivity index (χ0) is 16.0. The van der Waals surface area contributed by atoms with Gasteiger partial charge in [0.25, 0.3) is 0 Å². The summed E-state index contributed by atoms with van der Waals surface area (Å²) in [6, 6.07) is 4.81. The van der Waals surface area contributed by atoms with Gasteiger partial charge in [0.2, 0.25) is 0 Å². The fourth-order valence-corrected chi connectivity index (χ4v) is 2.11. The van der Waals surface area contributed by atoms with Crippen LogP contribution in [-0.2, 0) is 6.18 Å². The standard InChI is InChI=1S/C15H24F3N3/c1-20(2)9-4-10-21(3)11-14(19)12-5-7-13(8-6-12)15(16,17)18/h5-8,14H,4,9-11,19H2,1-3H3. The fraction of sp³-hybridized carbons (Fsp3) is 0.600. The van der Waals surface area contributed by atoms with Gasteiger partial charge in [-0.2, -0.15) is 13.2 Å². The monoisotopic (exact) mass is 303 g/mol. The van der Waals surface area contributed by atoms with E-state index >= 15 is 0 Å². The Morgan fingerprint density at radius 1 is 1.05 bits per heavy atom. The molecule has 0 heterocycles. The number of rotatable bonds is 7. The average molecular weight is 303 g/mol. The predicted octanol–water partition coefficient (Wildman–Crippen LogP) is 2.59. The van der Waals surface area contributed by atoms with Gasteiger partial charge in [0, 0.05) is 12.6 Å². The molecule has 3 nitrogen and oxygen atoms in total. The van der Waals surface area contributed by atoms with Crippen LogP contribution in [0.3, 0.4) is 0 Å². The van der Waals surface area contributed by atoms with Crippen molar-refractivity contribution in [3.8, 4) is 0 Å². The average Bonchev–Trinajstić information content (AvgIpc) is 2.37. The summed E-state index contributed by atoms with van der Waals surface area (Å²) < 4.78 is 37.5. The summed E-state index contributed by atoms with van der Waals surface area (Å²) in [7, 11) is 6.02. The van der Waals surface area contributed by atoms with Crippen molar-refractivity contribution in [3.63, 3.8) is 0 Å². The predicted molar refractivity (Wildman–Crippen MR) is 79.0 cm³/mol.